The molecule has 2 atom stereocenters. The number of phosphoric acid groups is 1. The maximum Gasteiger partial charge on any atom is 0.306 e. The van der Waals surface area contributed by atoms with Gasteiger partial charge in [0.15, 0.2) is 6.10 Å². The molecule has 86 heavy (non-hydrogen) atoms. The average Bonchev–Trinajstić information content (AvgIpc) is 3.53. The lowest BCUT2D eigenvalue weighted by Gasteiger charge is -2.28. The number of quaternary nitrogens is 1. The van der Waals surface area contributed by atoms with Crippen molar-refractivity contribution in [3.8, 4) is 0 Å². The van der Waals surface area contributed by atoms with Crippen LogP contribution in [0.25, 0.3) is 0 Å². The zero-order valence-corrected chi connectivity index (χ0v) is 57.1. The normalized spacial score (nSPS) is 13.9. The van der Waals surface area contributed by atoms with Crippen molar-refractivity contribution in [1.29, 1.82) is 0 Å². The summed E-state index contributed by atoms with van der Waals surface area (Å²) in [6.07, 6.45) is 94.2. The molecule has 0 bridgehead atoms. The molecule has 0 fully saturated rings. The van der Waals surface area contributed by atoms with Gasteiger partial charge in [-0.25, -0.2) is 0 Å². The van der Waals surface area contributed by atoms with E-state index >= 15 is 0 Å². The van der Waals surface area contributed by atoms with E-state index in [-0.39, 0.29) is 32.0 Å². The lowest BCUT2D eigenvalue weighted by Crippen LogP contribution is -2.37. The standard InChI is InChI=1S/C76H132NO8P/c1-6-8-10-12-14-16-18-20-22-24-26-28-30-32-34-35-36-37-38-39-40-41-43-44-46-48-50-52-54-56-58-60-62-64-66-68-75(78)82-72-74(73-84-86(80,81)83-71-70-77(3,4)5)85-76(79)69-67-65-63-61-59-57-55-53-51-49-47-45-42-33-31-29-27-25-23-21-19-17-15-13-11-9-7-2/h8-11,14-17,20-23,26-29,33,42,47,49,74H,6-7,12-13,18-19,24-25,30-32,34-41,43-46,48,50-73H2,1-5H3/b10-8-,11-9-,16-14-,17-15-,22-20-,23-21-,28-26-,29-27-,42-33-,49-47-. The highest BCUT2D eigenvalue weighted by Gasteiger charge is 2.22. The lowest BCUT2D eigenvalue weighted by molar-refractivity contribution is -0.870. The first-order chi connectivity index (χ1) is 42.0. The summed E-state index contributed by atoms with van der Waals surface area (Å²) >= 11 is 0. The van der Waals surface area contributed by atoms with Crippen molar-refractivity contribution in [2.75, 3.05) is 47.5 Å². The summed E-state index contributed by atoms with van der Waals surface area (Å²) in [4.78, 5) is 38.1. The van der Waals surface area contributed by atoms with Gasteiger partial charge in [0.2, 0.25) is 0 Å². The summed E-state index contributed by atoms with van der Waals surface area (Å²) in [6.45, 7) is 4.02. The second kappa shape index (κ2) is 65.8. The SMILES string of the molecule is CC/C=C\C/C=C\C/C=C\C/C=C\C/C=C\C/C=C\CCCCCCCCCCC(=O)OC(COC(=O)CCCCCCCCCCCCCCCCCCCCCCCC/C=C\C/C=C\C/C=C\C/C=C\CC)COP(=O)([O-])OCC[N+](C)(C)C. The van der Waals surface area contributed by atoms with Gasteiger partial charge in [-0.3, -0.25) is 14.2 Å². The molecule has 9 nitrogen and oxygen atoms in total. The number of likely N-dealkylation sites (N-methyl/N-ethyl adjacent to an activating group) is 1. The molecule has 0 aromatic carbocycles. The quantitative estimate of drug-likeness (QED) is 0.0195. The minimum Gasteiger partial charge on any atom is -0.756 e. The van der Waals surface area contributed by atoms with Gasteiger partial charge in [0.05, 0.1) is 27.7 Å². The third-order valence-corrected chi connectivity index (χ3v) is 15.9. The van der Waals surface area contributed by atoms with E-state index in [2.05, 4.69) is 135 Å². The fourth-order valence-electron chi connectivity index (χ4n) is 9.65. The zero-order valence-electron chi connectivity index (χ0n) is 56.2. The Bertz CT molecular complexity index is 1870. The fourth-order valence-corrected chi connectivity index (χ4v) is 10.4. The number of esters is 2. The van der Waals surface area contributed by atoms with Crippen molar-refractivity contribution >= 4 is 19.8 Å². The van der Waals surface area contributed by atoms with Crippen molar-refractivity contribution in [2.24, 2.45) is 0 Å². The Morgan fingerprint density at radius 2 is 0.628 bits per heavy atom. The number of ether oxygens (including phenoxy) is 2. The Morgan fingerprint density at radius 3 is 0.930 bits per heavy atom. The molecule has 0 saturated heterocycles. The Labute approximate surface area is 530 Å². The first kappa shape index (κ1) is 82.4. The van der Waals surface area contributed by atoms with Crippen molar-refractivity contribution in [3.05, 3.63) is 122 Å². The minimum atomic E-state index is -4.65. The maximum atomic E-state index is 12.9. The Kier molecular flexibility index (Phi) is 63.1. The zero-order chi connectivity index (χ0) is 62.6. The summed E-state index contributed by atoms with van der Waals surface area (Å²) in [5.41, 5.74) is 0. The van der Waals surface area contributed by atoms with Gasteiger partial charge in [0.1, 0.15) is 19.8 Å². The van der Waals surface area contributed by atoms with Gasteiger partial charge < -0.3 is 27.9 Å². The molecule has 494 valence electrons. The van der Waals surface area contributed by atoms with Crippen LogP contribution < -0.4 is 4.89 Å². The number of nitrogens with zero attached hydrogens (tertiary/aromatic N) is 1. The number of hydrogen-bond acceptors (Lipinski definition) is 8. The lowest BCUT2D eigenvalue weighted by atomic mass is 10.0. The first-order valence-corrected chi connectivity index (χ1v) is 36.7. The molecule has 10 heteroatoms. The Balaban J connectivity index is 4.03. The highest BCUT2D eigenvalue weighted by Crippen LogP contribution is 2.38. The van der Waals surface area contributed by atoms with Crippen LogP contribution in [0.5, 0.6) is 0 Å². The number of carbonyl (C=O) groups is 2. The van der Waals surface area contributed by atoms with Gasteiger partial charge in [-0.1, -0.05) is 302 Å². The Morgan fingerprint density at radius 1 is 0.360 bits per heavy atom. The predicted molar refractivity (Wildman–Crippen MR) is 369 cm³/mol. The third kappa shape index (κ3) is 69.5. The second-order valence-corrected chi connectivity index (χ2v) is 25.9. The topological polar surface area (TPSA) is 111 Å². The van der Waals surface area contributed by atoms with E-state index in [1.54, 1.807) is 0 Å². The maximum absolute atomic E-state index is 12.9. The van der Waals surface area contributed by atoms with E-state index in [0.29, 0.717) is 17.4 Å². The van der Waals surface area contributed by atoms with E-state index in [1.807, 2.05) is 21.1 Å². The highest BCUT2D eigenvalue weighted by molar-refractivity contribution is 7.45. The smallest absolute Gasteiger partial charge is 0.306 e. The number of hydrogen-bond donors (Lipinski definition) is 0. The molecule has 0 aliphatic rings. The summed E-state index contributed by atoms with van der Waals surface area (Å²) in [5, 5.41) is 0. The summed E-state index contributed by atoms with van der Waals surface area (Å²) < 4.78 is 34.3. The highest BCUT2D eigenvalue weighted by atomic mass is 31.2. The molecule has 0 amide bonds. The number of carbonyl (C=O) groups excluding carboxylic acids is 2. The molecular formula is C76H132NO8P. The van der Waals surface area contributed by atoms with E-state index < -0.39 is 26.5 Å². The van der Waals surface area contributed by atoms with E-state index in [9.17, 15) is 19.0 Å². The third-order valence-electron chi connectivity index (χ3n) is 15.0. The number of allylic oxidation sites excluding steroid dienone is 20. The van der Waals surface area contributed by atoms with Gasteiger partial charge in [-0.05, 0) is 103 Å². The van der Waals surface area contributed by atoms with E-state index in [4.69, 9.17) is 18.5 Å². The van der Waals surface area contributed by atoms with Crippen LogP contribution in [0.1, 0.15) is 296 Å². The molecule has 0 heterocycles. The van der Waals surface area contributed by atoms with Crippen LogP contribution in [0.2, 0.25) is 0 Å². The molecule has 0 radical (unpaired) electrons. The molecule has 0 spiro atoms. The first-order valence-electron chi connectivity index (χ1n) is 35.2. The number of phosphoric ester groups is 1. The molecule has 0 aromatic heterocycles. The average molecular weight is 1220 g/mol. The van der Waals surface area contributed by atoms with Crippen molar-refractivity contribution < 1.29 is 42.1 Å². The van der Waals surface area contributed by atoms with Crippen LogP contribution in [0.3, 0.4) is 0 Å². The van der Waals surface area contributed by atoms with Gasteiger partial charge in [0.25, 0.3) is 7.82 Å². The van der Waals surface area contributed by atoms with Crippen LogP contribution in [-0.2, 0) is 32.7 Å². The number of rotatable bonds is 64. The second-order valence-electron chi connectivity index (χ2n) is 24.5. The van der Waals surface area contributed by atoms with E-state index in [1.165, 1.54) is 154 Å². The molecular weight excluding hydrogens is 1090 g/mol. The van der Waals surface area contributed by atoms with Crippen LogP contribution >= 0.6 is 7.82 Å². The monoisotopic (exact) mass is 1220 g/mol. The Hall–Kier alpha value is -3.59. The summed E-state index contributed by atoms with van der Waals surface area (Å²) in [5.74, 6) is -0.838. The van der Waals surface area contributed by atoms with Crippen molar-refractivity contribution in [2.45, 2.75) is 302 Å². The molecule has 0 aliphatic carbocycles. The van der Waals surface area contributed by atoms with E-state index in [0.717, 1.165) is 109 Å². The fraction of sp³-hybridized carbons (Fsp3) is 0.711. The summed E-state index contributed by atoms with van der Waals surface area (Å²) in [7, 11) is 1.16. The molecule has 0 saturated carbocycles. The van der Waals surface area contributed by atoms with Gasteiger partial charge in [-0.15, -0.1) is 0 Å². The van der Waals surface area contributed by atoms with Crippen LogP contribution in [-0.4, -0.2) is 70.0 Å². The molecule has 0 aromatic rings. The van der Waals surface area contributed by atoms with Crippen LogP contribution in [0, 0.1) is 0 Å². The number of unbranched alkanes of at least 4 members (excludes halogenated alkanes) is 30. The van der Waals surface area contributed by atoms with Crippen LogP contribution in [0.4, 0.5) is 0 Å². The van der Waals surface area contributed by atoms with Gasteiger partial charge in [0, 0.05) is 12.8 Å². The van der Waals surface area contributed by atoms with Crippen molar-refractivity contribution in [3.63, 3.8) is 0 Å². The molecule has 0 N–H and O–H groups in total. The largest absolute Gasteiger partial charge is 0.756 e. The summed E-state index contributed by atoms with van der Waals surface area (Å²) in [6, 6.07) is 0. The van der Waals surface area contributed by atoms with Crippen LogP contribution in [0.15, 0.2) is 122 Å². The van der Waals surface area contributed by atoms with Gasteiger partial charge in [-0.2, -0.15) is 0 Å². The molecule has 2 unspecified atom stereocenters. The molecule has 0 rings (SSSR count). The minimum absolute atomic E-state index is 0.0366. The molecule has 0 aliphatic heterocycles. The van der Waals surface area contributed by atoms with Gasteiger partial charge >= 0.3 is 11.9 Å². The van der Waals surface area contributed by atoms with Crippen molar-refractivity contribution in [1.82, 2.24) is 0 Å². The predicted octanol–water partition coefficient (Wildman–Crippen LogP) is 22.4.